The molecule has 30 heavy (non-hydrogen) atoms. The monoisotopic (exact) mass is 435 g/mol. The zero-order valence-electron chi connectivity index (χ0n) is 17.2. The maximum atomic E-state index is 12.4. The van der Waals surface area contributed by atoms with Crippen molar-refractivity contribution >= 4 is 33.2 Å². The van der Waals surface area contributed by atoms with Crippen molar-refractivity contribution in [2.75, 3.05) is 31.4 Å². The van der Waals surface area contributed by atoms with E-state index in [1.807, 2.05) is 6.92 Å². The lowest BCUT2D eigenvalue weighted by molar-refractivity contribution is -0.116. The van der Waals surface area contributed by atoms with Gasteiger partial charge in [0.05, 0.1) is 19.1 Å². The molecule has 0 spiro atoms. The first-order valence-corrected chi connectivity index (χ1v) is 10.5. The van der Waals surface area contributed by atoms with Crippen LogP contribution >= 0.6 is 0 Å². The van der Waals surface area contributed by atoms with Gasteiger partial charge in [0, 0.05) is 37.3 Å². The lowest BCUT2D eigenvalue weighted by Gasteiger charge is -2.12. The SMILES string of the molecule is COc1ccc(S(=O)(=O)NCCC(=O)Nc2ccc(C)c(NC(C)=O)c2)cc1OC. The average molecular weight is 436 g/mol. The fourth-order valence-corrected chi connectivity index (χ4v) is 3.66. The van der Waals surface area contributed by atoms with Crippen molar-refractivity contribution < 1.29 is 27.5 Å². The minimum absolute atomic E-state index is 0.000887. The van der Waals surface area contributed by atoms with Gasteiger partial charge in [0.15, 0.2) is 11.5 Å². The molecule has 0 aliphatic heterocycles. The number of nitrogens with one attached hydrogen (secondary N) is 3. The topological polar surface area (TPSA) is 123 Å². The molecule has 2 rings (SSSR count). The van der Waals surface area contributed by atoms with Crippen LogP contribution in [0.15, 0.2) is 41.3 Å². The van der Waals surface area contributed by atoms with Gasteiger partial charge >= 0.3 is 0 Å². The normalized spacial score (nSPS) is 10.9. The summed E-state index contributed by atoms with van der Waals surface area (Å²) in [5.41, 5.74) is 1.94. The summed E-state index contributed by atoms with van der Waals surface area (Å²) in [6.45, 7) is 3.14. The van der Waals surface area contributed by atoms with Crippen molar-refractivity contribution in [2.45, 2.75) is 25.2 Å². The second-order valence-corrected chi connectivity index (χ2v) is 8.19. The Morgan fingerprint density at radius 1 is 0.967 bits per heavy atom. The largest absolute Gasteiger partial charge is 0.493 e. The van der Waals surface area contributed by atoms with Gasteiger partial charge in [0.1, 0.15) is 0 Å². The number of rotatable bonds is 9. The Balaban J connectivity index is 1.96. The quantitative estimate of drug-likeness (QED) is 0.555. The lowest BCUT2D eigenvalue weighted by atomic mass is 10.1. The Hall–Kier alpha value is -3.11. The first-order valence-electron chi connectivity index (χ1n) is 9.06. The Kier molecular flexibility index (Phi) is 7.79. The first kappa shape index (κ1) is 23.2. The van der Waals surface area contributed by atoms with Crippen LogP contribution in [0.5, 0.6) is 11.5 Å². The third kappa shape index (κ3) is 6.19. The minimum Gasteiger partial charge on any atom is -0.493 e. The molecule has 0 bridgehead atoms. The van der Waals surface area contributed by atoms with Gasteiger partial charge in [-0.3, -0.25) is 9.59 Å². The molecule has 0 fully saturated rings. The van der Waals surface area contributed by atoms with Crippen LogP contribution in [0.1, 0.15) is 18.9 Å². The summed E-state index contributed by atoms with van der Waals surface area (Å²) >= 11 is 0. The Labute approximate surface area is 175 Å². The van der Waals surface area contributed by atoms with Crippen molar-refractivity contribution in [3.63, 3.8) is 0 Å². The summed E-state index contributed by atoms with van der Waals surface area (Å²) in [5.74, 6) is 0.105. The highest BCUT2D eigenvalue weighted by Crippen LogP contribution is 2.29. The van der Waals surface area contributed by atoms with Crippen LogP contribution < -0.4 is 24.8 Å². The lowest BCUT2D eigenvalue weighted by Crippen LogP contribution is -2.28. The second-order valence-electron chi connectivity index (χ2n) is 6.42. The molecular formula is C20H25N3O6S. The van der Waals surface area contributed by atoms with E-state index in [1.165, 1.54) is 39.3 Å². The molecule has 0 aliphatic carbocycles. The summed E-state index contributed by atoms with van der Waals surface area (Å²) in [6.07, 6.45) is -0.0735. The standard InChI is InChI=1S/C20H25N3O6S/c1-13-5-6-15(11-17(13)22-14(2)24)23-20(25)9-10-21-30(26,27)16-7-8-18(28-3)19(12-16)29-4/h5-8,11-12,21H,9-10H2,1-4H3,(H,22,24)(H,23,25). The Morgan fingerprint density at radius 3 is 2.30 bits per heavy atom. The maximum absolute atomic E-state index is 12.4. The molecule has 0 aliphatic rings. The third-order valence-corrected chi connectivity index (χ3v) is 5.60. The molecule has 0 saturated heterocycles. The number of hydrogen-bond donors (Lipinski definition) is 3. The summed E-state index contributed by atoms with van der Waals surface area (Å²) in [5, 5.41) is 5.36. The van der Waals surface area contributed by atoms with Crippen LogP contribution in [0.25, 0.3) is 0 Å². The van der Waals surface area contributed by atoms with Crippen molar-refractivity contribution in [2.24, 2.45) is 0 Å². The van der Waals surface area contributed by atoms with Gasteiger partial charge in [-0.2, -0.15) is 0 Å². The molecule has 3 N–H and O–H groups in total. The number of aryl methyl sites for hydroxylation is 1. The number of amides is 2. The van der Waals surface area contributed by atoms with Gasteiger partial charge in [-0.15, -0.1) is 0 Å². The summed E-state index contributed by atoms with van der Waals surface area (Å²) in [6, 6.07) is 9.33. The number of carbonyl (C=O) groups excluding carboxylic acids is 2. The van der Waals surface area contributed by atoms with Crippen molar-refractivity contribution in [1.29, 1.82) is 0 Å². The number of ether oxygens (including phenoxy) is 2. The molecule has 0 heterocycles. The van der Waals surface area contributed by atoms with E-state index in [0.717, 1.165) is 5.56 Å². The molecule has 0 aromatic heterocycles. The van der Waals surface area contributed by atoms with Crippen LogP contribution in [0, 0.1) is 6.92 Å². The van der Waals surface area contributed by atoms with E-state index in [9.17, 15) is 18.0 Å². The number of carbonyl (C=O) groups is 2. The summed E-state index contributed by atoms with van der Waals surface area (Å²) in [7, 11) is -0.960. The van der Waals surface area contributed by atoms with E-state index in [1.54, 1.807) is 18.2 Å². The van der Waals surface area contributed by atoms with Crippen LogP contribution in [-0.2, 0) is 19.6 Å². The third-order valence-electron chi connectivity index (χ3n) is 4.14. The van der Waals surface area contributed by atoms with Crippen LogP contribution in [-0.4, -0.2) is 41.0 Å². The molecular weight excluding hydrogens is 410 g/mol. The number of sulfonamides is 1. The summed E-state index contributed by atoms with van der Waals surface area (Å²) < 4.78 is 37.5. The number of benzene rings is 2. The zero-order valence-corrected chi connectivity index (χ0v) is 18.1. The van der Waals surface area contributed by atoms with Gasteiger partial charge in [-0.1, -0.05) is 6.07 Å². The molecule has 10 heteroatoms. The maximum Gasteiger partial charge on any atom is 0.240 e. The Bertz CT molecular complexity index is 1040. The van der Waals surface area contributed by atoms with E-state index >= 15 is 0 Å². The summed E-state index contributed by atoms with van der Waals surface area (Å²) in [4.78, 5) is 23.4. The van der Waals surface area contributed by atoms with Crippen LogP contribution in [0.2, 0.25) is 0 Å². The highest BCUT2D eigenvalue weighted by atomic mass is 32.2. The van der Waals surface area contributed by atoms with Gasteiger partial charge < -0.3 is 20.1 Å². The molecule has 0 radical (unpaired) electrons. The average Bonchev–Trinajstić information content (AvgIpc) is 2.69. The molecule has 0 unspecified atom stereocenters. The molecule has 2 aromatic rings. The molecule has 0 saturated carbocycles. The van der Waals surface area contributed by atoms with E-state index in [2.05, 4.69) is 15.4 Å². The molecule has 0 atom stereocenters. The van der Waals surface area contributed by atoms with Crippen LogP contribution in [0.4, 0.5) is 11.4 Å². The van der Waals surface area contributed by atoms with E-state index in [4.69, 9.17) is 9.47 Å². The molecule has 9 nitrogen and oxygen atoms in total. The number of anilines is 2. The number of hydrogen-bond acceptors (Lipinski definition) is 6. The first-order chi connectivity index (χ1) is 14.2. The number of methoxy groups -OCH3 is 2. The van der Waals surface area contributed by atoms with Crippen molar-refractivity contribution in [3.8, 4) is 11.5 Å². The highest BCUT2D eigenvalue weighted by molar-refractivity contribution is 7.89. The van der Waals surface area contributed by atoms with Crippen molar-refractivity contribution in [3.05, 3.63) is 42.0 Å². The fraction of sp³-hybridized carbons (Fsp3) is 0.300. The van der Waals surface area contributed by atoms with Gasteiger partial charge in [-0.25, -0.2) is 13.1 Å². The predicted octanol–water partition coefficient (Wildman–Crippen LogP) is 2.28. The smallest absolute Gasteiger partial charge is 0.240 e. The fourth-order valence-electron chi connectivity index (χ4n) is 2.61. The van der Waals surface area contributed by atoms with Gasteiger partial charge in [0.2, 0.25) is 21.8 Å². The van der Waals surface area contributed by atoms with E-state index in [-0.39, 0.29) is 35.4 Å². The van der Waals surface area contributed by atoms with Crippen LogP contribution in [0.3, 0.4) is 0 Å². The second kappa shape index (κ2) is 10.1. The highest BCUT2D eigenvalue weighted by Gasteiger charge is 2.17. The zero-order chi connectivity index (χ0) is 22.3. The van der Waals surface area contributed by atoms with E-state index in [0.29, 0.717) is 17.1 Å². The molecule has 2 amide bonds. The molecule has 162 valence electrons. The predicted molar refractivity (Wildman–Crippen MR) is 113 cm³/mol. The van der Waals surface area contributed by atoms with Gasteiger partial charge in [-0.05, 0) is 36.8 Å². The molecule has 2 aromatic carbocycles. The Morgan fingerprint density at radius 2 is 1.67 bits per heavy atom. The van der Waals surface area contributed by atoms with E-state index < -0.39 is 10.0 Å². The van der Waals surface area contributed by atoms with Gasteiger partial charge in [0.25, 0.3) is 0 Å². The minimum atomic E-state index is -3.83. The van der Waals surface area contributed by atoms with Crippen molar-refractivity contribution in [1.82, 2.24) is 4.72 Å².